The summed E-state index contributed by atoms with van der Waals surface area (Å²) in [6.07, 6.45) is -6.55. The normalized spacial score (nSPS) is 22.2. The molecule has 0 radical (unpaired) electrons. The number of carbonyl (C=O) groups excluding carboxylic acids is 1. The molecule has 8 N–H and O–H groups in total. The Bertz CT molecular complexity index is 1340. The predicted molar refractivity (Wildman–Crippen MR) is 153 cm³/mol. The lowest BCUT2D eigenvalue weighted by Gasteiger charge is -2.27. The van der Waals surface area contributed by atoms with Crippen molar-refractivity contribution in [1.29, 1.82) is 0 Å². The molecule has 0 saturated carbocycles. The maximum absolute atomic E-state index is 13.2. The zero-order chi connectivity index (χ0) is 31.8. The van der Waals surface area contributed by atoms with Crippen molar-refractivity contribution in [2.45, 2.75) is 76.0 Å². The van der Waals surface area contributed by atoms with Gasteiger partial charge in [-0.15, -0.1) is 0 Å². The number of aliphatic carboxylic acids is 1. The number of rotatable bonds is 15. The summed E-state index contributed by atoms with van der Waals surface area (Å²) in [7, 11) is 1.50. The van der Waals surface area contributed by atoms with Gasteiger partial charge in [-0.05, 0) is 43.0 Å². The Morgan fingerprint density at radius 3 is 2.37 bits per heavy atom. The van der Waals surface area contributed by atoms with E-state index in [0.29, 0.717) is 24.2 Å². The maximum atomic E-state index is 13.2. The molecule has 1 aromatic carbocycles. The molecule has 1 aliphatic heterocycles. The summed E-state index contributed by atoms with van der Waals surface area (Å²) in [6, 6.07) is 5.50. The first-order valence-electron chi connectivity index (χ1n) is 14.0. The summed E-state index contributed by atoms with van der Waals surface area (Å²) >= 11 is 0. The fourth-order valence-electron chi connectivity index (χ4n) is 4.83. The Balaban J connectivity index is 1.67. The Kier molecular flexibility index (Phi) is 12.0. The number of aromatic nitrogens is 2. The van der Waals surface area contributed by atoms with Gasteiger partial charge in [0.1, 0.15) is 36.2 Å². The molecule has 1 amide bonds. The van der Waals surface area contributed by atoms with Gasteiger partial charge in [0.2, 0.25) is 5.91 Å². The second kappa shape index (κ2) is 15.2. The van der Waals surface area contributed by atoms with Crippen LogP contribution in [-0.2, 0) is 20.9 Å². The third-order valence-electron chi connectivity index (χ3n) is 7.17. The molecule has 7 atom stereocenters. The lowest BCUT2D eigenvalue weighted by atomic mass is 9.99. The third kappa shape index (κ3) is 8.49. The predicted octanol–water partition coefficient (Wildman–Crippen LogP) is -2.03. The molecule has 2 aromatic rings. The molecule has 0 aliphatic carbocycles. The minimum absolute atomic E-state index is 0.0678. The minimum atomic E-state index is -1.85. The van der Waals surface area contributed by atoms with Crippen LogP contribution in [0.4, 0.5) is 0 Å². The van der Waals surface area contributed by atoms with Crippen molar-refractivity contribution in [3.05, 3.63) is 62.9 Å². The number of nitrogens with zero attached hydrogens (tertiary/aromatic N) is 2. The van der Waals surface area contributed by atoms with Crippen molar-refractivity contribution >= 4 is 11.9 Å². The zero-order valence-corrected chi connectivity index (χ0v) is 24.3. The molecule has 1 aliphatic rings. The van der Waals surface area contributed by atoms with Gasteiger partial charge in [0.25, 0.3) is 5.56 Å². The van der Waals surface area contributed by atoms with Crippen LogP contribution in [0.15, 0.2) is 46.1 Å². The van der Waals surface area contributed by atoms with Crippen LogP contribution in [0, 0.1) is 5.92 Å². The number of ether oxygens (including phenoxy) is 2. The number of hydrogen-bond acceptors (Lipinski definition) is 11. The van der Waals surface area contributed by atoms with Crippen molar-refractivity contribution < 1.29 is 39.5 Å². The number of hydrogen-bond donors (Lipinski definition) is 7. The molecule has 2 heterocycles. The largest absolute Gasteiger partial charge is 0.497 e. The smallest absolute Gasteiger partial charge is 0.333 e. The van der Waals surface area contributed by atoms with Crippen LogP contribution in [0.3, 0.4) is 0 Å². The lowest BCUT2D eigenvalue weighted by molar-refractivity contribution is -0.149. The second-order valence-electron chi connectivity index (χ2n) is 10.9. The van der Waals surface area contributed by atoms with E-state index in [4.69, 9.17) is 15.2 Å². The number of methoxy groups -OCH3 is 1. The number of carboxylic acid groups (broad SMARTS) is 1. The number of nitrogens with two attached hydrogens (primary N) is 1. The first kappa shape index (κ1) is 33.9. The summed E-state index contributed by atoms with van der Waals surface area (Å²) in [5.41, 5.74) is 4.99. The highest BCUT2D eigenvalue weighted by molar-refractivity contribution is 5.81. The van der Waals surface area contributed by atoms with E-state index in [1.54, 1.807) is 24.3 Å². The van der Waals surface area contributed by atoms with Crippen LogP contribution >= 0.6 is 0 Å². The van der Waals surface area contributed by atoms with Crippen molar-refractivity contribution in [2.24, 2.45) is 11.7 Å². The van der Waals surface area contributed by atoms with Gasteiger partial charge in [-0.2, -0.15) is 0 Å². The quantitative estimate of drug-likeness (QED) is 0.109. The number of aliphatic hydroxyl groups excluding tert-OH is 3. The van der Waals surface area contributed by atoms with E-state index in [9.17, 15) is 39.6 Å². The molecule has 1 saturated heterocycles. The topological polar surface area (TPSA) is 228 Å². The van der Waals surface area contributed by atoms with Crippen LogP contribution in [-0.4, -0.2) is 98.1 Å². The number of carbonyl (C=O) groups is 2. The average molecular weight is 608 g/mol. The molecule has 238 valence electrons. The summed E-state index contributed by atoms with van der Waals surface area (Å²) < 4.78 is 12.6. The van der Waals surface area contributed by atoms with Crippen molar-refractivity contribution in [3.63, 3.8) is 0 Å². The molecule has 15 nitrogen and oxygen atoms in total. The number of benzene rings is 1. The molecule has 43 heavy (non-hydrogen) atoms. The van der Waals surface area contributed by atoms with Gasteiger partial charge >= 0.3 is 11.7 Å². The summed E-state index contributed by atoms with van der Waals surface area (Å²) in [5, 5.41) is 47.3. The van der Waals surface area contributed by atoms with E-state index in [-0.39, 0.29) is 31.5 Å². The standard InChI is InChI=1S/C28H41N5O10/c1-15(2)13-18(29)25(38)31-11-4-10-30-20(27(39)40)21(35)24-22(36)23(37)26(43-24)32-12-9-19(34)33(28(32)41)14-16-5-7-17(42-3)8-6-16/h5-9,12,15,18,20-24,26,30,35-37H,4,10-11,13-14,29H2,1-3H3,(H,31,38)(H,39,40)/t18-,20-,21+,22+,23+,24?,26+/m0/s1. The highest BCUT2D eigenvalue weighted by Gasteiger charge is 2.50. The van der Waals surface area contributed by atoms with Crippen LogP contribution in [0.2, 0.25) is 0 Å². The monoisotopic (exact) mass is 607 g/mol. The van der Waals surface area contributed by atoms with Gasteiger partial charge in [0.15, 0.2) is 6.23 Å². The third-order valence-corrected chi connectivity index (χ3v) is 7.17. The lowest BCUT2D eigenvalue weighted by Crippen LogP contribution is -2.54. The molecule has 15 heteroatoms. The summed E-state index contributed by atoms with van der Waals surface area (Å²) in [6.45, 7) is 4.06. The molecular formula is C28H41N5O10. The van der Waals surface area contributed by atoms with E-state index >= 15 is 0 Å². The van der Waals surface area contributed by atoms with E-state index in [2.05, 4.69) is 10.6 Å². The Labute approximate surface area is 247 Å². The fourth-order valence-corrected chi connectivity index (χ4v) is 4.83. The van der Waals surface area contributed by atoms with Gasteiger partial charge in [-0.25, -0.2) is 4.79 Å². The first-order valence-corrected chi connectivity index (χ1v) is 14.0. The highest BCUT2D eigenvalue weighted by atomic mass is 16.6. The fraction of sp³-hybridized carbons (Fsp3) is 0.571. The number of aliphatic hydroxyl groups is 3. The van der Waals surface area contributed by atoms with Gasteiger partial charge in [-0.1, -0.05) is 26.0 Å². The molecule has 0 spiro atoms. The van der Waals surface area contributed by atoms with E-state index in [1.165, 1.54) is 7.11 Å². The van der Waals surface area contributed by atoms with Gasteiger partial charge < -0.3 is 46.3 Å². The number of amides is 1. The summed E-state index contributed by atoms with van der Waals surface area (Å²) in [5.74, 6) is -0.937. The summed E-state index contributed by atoms with van der Waals surface area (Å²) in [4.78, 5) is 49.7. The van der Waals surface area contributed by atoms with E-state index < -0.39 is 59.9 Å². The Morgan fingerprint density at radius 1 is 1.09 bits per heavy atom. The van der Waals surface area contributed by atoms with Crippen LogP contribution in [0.1, 0.15) is 38.5 Å². The molecule has 3 rings (SSSR count). The second-order valence-corrected chi connectivity index (χ2v) is 10.9. The van der Waals surface area contributed by atoms with Gasteiger partial charge in [0.05, 0.1) is 19.7 Å². The average Bonchev–Trinajstić information content (AvgIpc) is 3.25. The van der Waals surface area contributed by atoms with E-state index in [1.807, 2.05) is 13.8 Å². The van der Waals surface area contributed by atoms with Crippen molar-refractivity contribution in [1.82, 2.24) is 19.8 Å². The van der Waals surface area contributed by atoms with Crippen LogP contribution < -0.4 is 32.4 Å². The van der Waals surface area contributed by atoms with Crippen molar-refractivity contribution in [3.8, 4) is 5.75 Å². The SMILES string of the molecule is COc1ccc(Cn2c(=O)ccn([C@@H]3OC([C@H](O)[C@H](NCCCNC(=O)[C@@H](N)CC(C)C)C(=O)O)[C@H](O)[C@H]3O)c2=O)cc1. The Morgan fingerprint density at radius 2 is 1.77 bits per heavy atom. The number of carboxylic acids is 1. The minimum Gasteiger partial charge on any atom is -0.497 e. The molecule has 0 bridgehead atoms. The molecular weight excluding hydrogens is 566 g/mol. The van der Waals surface area contributed by atoms with Crippen LogP contribution in [0.5, 0.6) is 5.75 Å². The van der Waals surface area contributed by atoms with Crippen LogP contribution in [0.25, 0.3) is 0 Å². The molecule has 1 aromatic heterocycles. The van der Waals surface area contributed by atoms with Gasteiger partial charge in [-0.3, -0.25) is 23.5 Å². The maximum Gasteiger partial charge on any atom is 0.333 e. The van der Waals surface area contributed by atoms with E-state index in [0.717, 1.165) is 21.4 Å². The van der Waals surface area contributed by atoms with Crippen molar-refractivity contribution in [2.75, 3.05) is 20.2 Å². The Hall–Kier alpha value is -3.60. The zero-order valence-electron chi connectivity index (χ0n) is 24.3. The molecule has 1 unspecified atom stereocenters. The van der Waals surface area contributed by atoms with Gasteiger partial charge in [0, 0.05) is 18.8 Å². The number of nitrogens with one attached hydrogen (secondary N) is 2. The highest BCUT2D eigenvalue weighted by Crippen LogP contribution is 2.31. The molecule has 1 fully saturated rings. The first-order chi connectivity index (χ1) is 20.3.